The van der Waals surface area contributed by atoms with Gasteiger partial charge >= 0.3 is 0 Å². The van der Waals surface area contributed by atoms with Crippen LogP contribution in [0.5, 0.6) is 5.75 Å². The molecule has 112 valence electrons. The molecule has 1 aromatic heterocycles. The lowest BCUT2D eigenvalue weighted by Crippen LogP contribution is -2.25. The van der Waals surface area contributed by atoms with Crippen molar-refractivity contribution < 1.29 is 14.1 Å². The Morgan fingerprint density at radius 3 is 2.90 bits per heavy atom. The third-order valence-electron chi connectivity index (χ3n) is 2.95. The molecule has 1 amide bonds. The molecule has 0 aliphatic rings. The van der Waals surface area contributed by atoms with Gasteiger partial charge in [-0.2, -0.15) is 0 Å². The Morgan fingerprint density at radius 1 is 1.38 bits per heavy atom. The van der Waals surface area contributed by atoms with Gasteiger partial charge in [-0.1, -0.05) is 23.4 Å². The highest BCUT2D eigenvalue weighted by atomic mass is 16.5. The number of aryl methyl sites for hydroxylation is 1. The van der Waals surface area contributed by atoms with Gasteiger partial charge in [-0.3, -0.25) is 4.79 Å². The summed E-state index contributed by atoms with van der Waals surface area (Å²) >= 11 is 0. The predicted octanol–water partition coefficient (Wildman–Crippen LogP) is 2.11. The van der Waals surface area contributed by atoms with Crippen LogP contribution >= 0.6 is 0 Å². The van der Waals surface area contributed by atoms with E-state index in [-0.39, 0.29) is 5.91 Å². The molecule has 2 aromatic rings. The van der Waals surface area contributed by atoms with Crippen molar-refractivity contribution >= 4 is 11.7 Å². The first-order chi connectivity index (χ1) is 10.2. The van der Waals surface area contributed by atoms with E-state index in [1.165, 1.54) is 0 Å². The van der Waals surface area contributed by atoms with Gasteiger partial charge in [0.05, 0.1) is 7.11 Å². The van der Waals surface area contributed by atoms with Crippen LogP contribution in [0.4, 0.5) is 5.82 Å². The normalized spacial score (nSPS) is 10.2. The Balaban J connectivity index is 1.72. The first kappa shape index (κ1) is 14.9. The van der Waals surface area contributed by atoms with Crippen LogP contribution in [0.15, 0.2) is 34.9 Å². The average Bonchev–Trinajstić information content (AvgIpc) is 2.91. The largest absolute Gasteiger partial charge is 0.496 e. The Kier molecular flexibility index (Phi) is 5.20. The molecule has 2 rings (SSSR count). The number of amides is 1. The van der Waals surface area contributed by atoms with Crippen molar-refractivity contribution in [1.29, 1.82) is 0 Å². The van der Waals surface area contributed by atoms with Crippen molar-refractivity contribution in [1.82, 2.24) is 10.5 Å². The summed E-state index contributed by atoms with van der Waals surface area (Å²) in [5.41, 5.74) is 0.952. The van der Waals surface area contributed by atoms with Crippen LogP contribution in [-0.4, -0.2) is 24.7 Å². The molecule has 0 fully saturated rings. The van der Waals surface area contributed by atoms with Gasteiger partial charge in [0, 0.05) is 31.1 Å². The number of methoxy groups -OCH3 is 1. The number of ether oxygens (including phenoxy) is 1. The van der Waals surface area contributed by atoms with Gasteiger partial charge in [-0.25, -0.2) is 0 Å². The molecule has 1 heterocycles. The molecule has 0 unspecified atom stereocenters. The summed E-state index contributed by atoms with van der Waals surface area (Å²) in [5, 5.41) is 9.68. The van der Waals surface area contributed by atoms with Gasteiger partial charge in [0.25, 0.3) is 0 Å². The lowest BCUT2D eigenvalue weighted by Gasteiger charge is -2.09. The number of hydrogen-bond donors (Lipinski definition) is 2. The average molecular weight is 289 g/mol. The molecule has 0 bridgehead atoms. The number of anilines is 1. The molecular weight excluding hydrogens is 270 g/mol. The first-order valence-corrected chi connectivity index (χ1v) is 6.75. The van der Waals surface area contributed by atoms with Crippen molar-refractivity contribution in [3.05, 3.63) is 41.7 Å². The monoisotopic (exact) mass is 289 g/mol. The van der Waals surface area contributed by atoms with Crippen LogP contribution < -0.4 is 15.4 Å². The summed E-state index contributed by atoms with van der Waals surface area (Å²) in [6, 6.07) is 9.39. The topological polar surface area (TPSA) is 76.4 Å². The Bertz CT molecular complexity index is 595. The second kappa shape index (κ2) is 7.33. The van der Waals surface area contributed by atoms with Gasteiger partial charge in [-0.05, 0) is 13.0 Å². The van der Waals surface area contributed by atoms with Gasteiger partial charge in [0.2, 0.25) is 5.91 Å². The second-order valence-electron chi connectivity index (χ2n) is 4.59. The highest BCUT2D eigenvalue weighted by molar-refractivity contribution is 5.76. The van der Waals surface area contributed by atoms with E-state index in [1.54, 1.807) is 13.2 Å². The quantitative estimate of drug-likeness (QED) is 0.816. The molecular formula is C15H19N3O3. The van der Waals surface area contributed by atoms with E-state index in [4.69, 9.17) is 9.26 Å². The van der Waals surface area contributed by atoms with Crippen LogP contribution in [-0.2, 0) is 11.3 Å². The predicted molar refractivity (Wildman–Crippen MR) is 79.2 cm³/mol. The SMILES string of the molecule is COc1ccccc1CNC(=O)CCNc1cc(C)on1. The number of carbonyl (C=O) groups is 1. The van der Waals surface area contributed by atoms with Crippen LogP contribution in [0, 0.1) is 6.92 Å². The van der Waals surface area contributed by atoms with Gasteiger partial charge in [0.1, 0.15) is 11.5 Å². The number of nitrogens with zero attached hydrogens (tertiary/aromatic N) is 1. The van der Waals surface area contributed by atoms with Crippen LogP contribution in [0.25, 0.3) is 0 Å². The lowest BCUT2D eigenvalue weighted by molar-refractivity contribution is -0.121. The molecule has 0 radical (unpaired) electrons. The van der Waals surface area contributed by atoms with Crippen molar-refractivity contribution in [2.24, 2.45) is 0 Å². The molecule has 6 nitrogen and oxygen atoms in total. The zero-order valence-electron chi connectivity index (χ0n) is 12.2. The lowest BCUT2D eigenvalue weighted by atomic mass is 10.2. The zero-order valence-corrected chi connectivity index (χ0v) is 12.2. The third-order valence-corrected chi connectivity index (χ3v) is 2.95. The third kappa shape index (κ3) is 4.52. The van der Waals surface area contributed by atoms with Gasteiger partial charge in [0.15, 0.2) is 5.82 Å². The van der Waals surface area contributed by atoms with E-state index in [0.717, 1.165) is 17.1 Å². The minimum absolute atomic E-state index is 0.0337. The molecule has 1 aromatic carbocycles. The molecule has 21 heavy (non-hydrogen) atoms. The summed E-state index contributed by atoms with van der Waals surface area (Å²) in [4.78, 5) is 11.8. The van der Waals surface area contributed by atoms with Gasteiger partial charge in [-0.15, -0.1) is 0 Å². The summed E-state index contributed by atoms with van der Waals surface area (Å²) < 4.78 is 10.2. The number of rotatable bonds is 7. The minimum atomic E-state index is -0.0337. The van der Waals surface area contributed by atoms with Crippen LogP contribution in [0.3, 0.4) is 0 Å². The van der Waals surface area contributed by atoms with Crippen molar-refractivity contribution in [3.63, 3.8) is 0 Å². The molecule has 0 spiro atoms. The Labute approximate surface area is 123 Å². The van der Waals surface area contributed by atoms with Gasteiger partial charge < -0.3 is 19.9 Å². The van der Waals surface area contributed by atoms with Crippen LogP contribution in [0.1, 0.15) is 17.7 Å². The number of hydrogen-bond acceptors (Lipinski definition) is 5. The number of nitrogens with one attached hydrogen (secondary N) is 2. The fourth-order valence-corrected chi connectivity index (χ4v) is 1.89. The number of carbonyl (C=O) groups excluding carboxylic acids is 1. The Morgan fingerprint density at radius 2 is 2.19 bits per heavy atom. The zero-order chi connectivity index (χ0) is 15.1. The summed E-state index contributed by atoms with van der Waals surface area (Å²) in [6.45, 7) is 2.77. The maximum Gasteiger partial charge on any atom is 0.222 e. The molecule has 0 aliphatic heterocycles. The molecule has 0 saturated heterocycles. The number of para-hydroxylation sites is 1. The summed E-state index contributed by atoms with van der Waals surface area (Å²) in [6.07, 6.45) is 0.362. The molecule has 0 aliphatic carbocycles. The fraction of sp³-hybridized carbons (Fsp3) is 0.333. The first-order valence-electron chi connectivity index (χ1n) is 6.75. The van der Waals surface area contributed by atoms with E-state index in [1.807, 2.05) is 31.2 Å². The standard InChI is InChI=1S/C15H19N3O3/c1-11-9-14(18-21-11)16-8-7-15(19)17-10-12-5-3-4-6-13(12)20-2/h3-6,9H,7-8,10H2,1-2H3,(H,16,18)(H,17,19). The molecule has 2 N–H and O–H groups in total. The highest BCUT2D eigenvalue weighted by Gasteiger charge is 2.05. The van der Waals surface area contributed by atoms with E-state index in [9.17, 15) is 4.79 Å². The fourth-order valence-electron chi connectivity index (χ4n) is 1.89. The maximum atomic E-state index is 11.8. The van der Waals surface area contributed by atoms with E-state index in [0.29, 0.717) is 25.3 Å². The van der Waals surface area contributed by atoms with E-state index < -0.39 is 0 Å². The van der Waals surface area contributed by atoms with Crippen molar-refractivity contribution in [2.75, 3.05) is 19.0 Å². The van der Waals surface area contributed by atoms with E-state index in [2.05, 4.69) is 15.8 Å². The number of aromatic nitrogens is 1. The second-order valence-corrected chi connectivity index (χ2v) is 4.59. The molecule has 0 saturated carbocycles. The molecule has 0 atom stereocenters. The minimum Gasteiger partial charge on any atom is -0.496 e. The Hall–Kier alpha value is -2.50. The van der Waals surface area contributed by atoms with E-state index >= 15 is 0 Å². The summed E-state index contributed by atoms with van der Waals surface area (Å²) in [5.74, 6) is 2.12. The van der Waals surface area contributed by atoms with Crippen molar-refractivity contribution in [2.45, 2.75) is 19.9 Å². The number of benzene rings is 1. The summed E-state index contributed by atoms with van der Waals surface area (Å²) in [7, 11) is 1.62. The molecule has 6 heteroatoms. The smallest absolute Gasteiger partial charge is 0.222 e. The van der Waals surface area contributed by atoms with Crippen LogP contribution in [0.2, 0.25) is 0 Å². The maximum absolute atomic E-state index is 11.8. The van der Waals surface area contributed by atoms with Crippen molar-refractivity contribution in [3.8, 4) is 5.75 Å². The highest BCUT2D eigenvalue weighted by Crippen LogP contribution is 2.16.